The molecule has 2 heterocycles. The van der Waals surface area contributed by atoms with Gasteiger partial charge in [-0.25, -0.2) is 28.2 Å². The predicted octanol–water partition coefficient (Wildman–Crippen LogP) is 6.14. The van der Waals surface area contributed by atoms with Crippen molar-refractivity contribution in [2.75, 3.05) is 25.0 Å². The summed E-state index contributed by atoms with van der Waals surface area (Å²) in [5, 5.41) is 9.49. The molecule has 0 saturated carbocycles. The van der Waals surface area contributed by atoms with Crippen molar-refractivity contribution in [3.8, 4) is 40.5 Å². The molecule has 1 N–H and O–H groups in total. The highest BCUT2D eigenvalue weighted by atomic mass is 32.2. The molecule has 5 rings (SSSR count). The minimum absolute atomic E-state index is 0.0428. The second kappa shape index (κ2) is 16.6. The minimum atomic E-state index is -4.27. The van der Waals surface area contributed by atoms with E-state index in [1.165, 1.54) is 55.9 Å². The maximum absolute atomic E-state index is 13.8. The lowest BCUT2D eigenvalue weighted by molar-refractivity contribution is -0.763. The van der Waals surface area contributed by atoms with Gasteiger partial charge in [-0.15, -0.1) is 10.1 Å². The van der Waals surface area contributed by atoms with E-state index in [4.69, 9.17) is 23.7 Å². The van der Waals surface area contributed by atoms with Gasteiger partial charge in [0.1, 0.15) is 25.6 Å². The zero-order valence-corrected chi connectivity index (χ0v) is 29.7. The van der Waals surface area contributed by atoms with Crippen LogP contribution in [0.5, 0.6) is 28.9 Å². The Balaban J connectivity index is 1.42. The Morgan fingerprint density at radius 2 is 1.55 bits per heavy atom. The molecular formula is C35H34N6O11S. The van der Waals surface area contributed by atoms with Crippen LogP contribution in [-0.2, 0) is 31.6 Å². The molecule has 0 atom stereocenters. The van der Waals surface area contributed by atoms with Crippen LogP contribution >= 0.6 is 0 Å². The summed E-state index contributed by atoms with van der Waals surface area (Å²) in [5.74, 6) is -0.264. The number of sulfonamides is 1. The van der Waals surface area contributed by atoms with Crippen LogP contribution < -0.4 is 23.7 Å². The molecule has 5 aromatic rings. The Bertz CT molecular complexity index is 2150. The monoisotopic (exact) mass is 746 g/mol. The van der Waals surface area contributed by atoms with E-state index in [9.17, 15) is 23.3 Å². The number of hydrogen-bond acceptors (Lipinski definition) is 15. The first-order valence-corrected chi connectivity index (χ1v) is 17.3. The smallest absolute Gasteiger partial charge is 0.493 e. The summed E-state index contributed by atoms with van der Waals surface area (Å²) in [5.41, 5.74) is 1.20. The molecule has 17 nitrogen and oxygen atoms in total. The summed E-state index contributed by atoms with van der Waals surface area (Å²) in [6.45, 7) is 5.12. The van der Waals surface area contributed by atoms with Gasteiger partial charge < -0.3 is 28.5 Å². The van der Waals surface area contributed by atoms with E-state index < -0.39 is 21.3 Å². The molecule has 2 aromatic heterocycles. The van der Waals surface area contributed by atoms with Crippen LogP contribution in [0.25, 0.3) is 11.6 Å². The van der Waals surface area contributed by atoms with Crippen molar-refractivity contribution < 1.29 is 46.8 Å². The summed E-state index contributed by atoms with van der Waals surface area (Å²) in [4.78, 5) is 44.3. The summed E-state index contributed by atoms with van der Waals surface area (Å²) in [6, 6.07) is 20.4. The molecule has 0 aliphatic rings. The van der Waals surface area contributed by atoms with Crippen molar-refractivity contribution >= 4 is 22.0 Å². The van der Waals surface area contributed by atoms with Gasteiger partial charge in [-0.3, -0.25) is 4.72 Å². The number of hydrogen-bond donors (Lipinski definition) is 1. The quantitative estimate of drug-likeness (QED) is 0.0419. The highest BCUT2D eigenvalue weighted by Gasteiger charge is 2.26. The molecule has 0 fully saturated rings. The molecule has 3 aromatic carbocycles. The molecule has 276 valence electrons. The molecule has 0 aliphatic heterocycles. The maximum atomic E-state index is 13.8. The molecule has 0 amide bonds. The third-order valence-electron chi connectivity index (χ3n) is 7.15. The number of carbonyl (C=O) groups is 1. The molecule has 0 saturated heterocycles. The van der Waals surface area contributed by atoms with E-state index in [-0.39, 0.29) is 70.7 Å². The van der Waals surface area contributed by atoms with E-state index >= 15 is 0 Å². The minimum Gasteiger partial charge on any atom is -0.493 e. The topological polar surface area (TPSA) is 213 Å². The molecule has 18 heteroatoms. The van der Waals surface area contributed by atoms with E-state index in [1.807, 2.05) is 20.8 Å². The molecule has 0 spiro atoms. The van der Waals surface area contributed by atoms with Gasteiger partial charge in [-0.05, 0) is 59.0 Å². The van der Waals surface area contributed by atoms with Crippen molar-refractivity contribution in [3.05, 3.63) is 112 Å². The van der Waals surface area contributed by atoms with Crippen molar-refractivity contribution in [3.63, 3.8) is 0 Å². The van der Waals surface area contributed by atoms with Crippen molar-refractivity contribution in [1.29, 1.82) is 0 Å². The number of carbonyl (C=O) groups excluding carboxylic acids is 1. The number of ether oxygens (including phenoxy) is 5. The van der Waals surface area contributed by atoms with Gasteiger partial charge >= 0.3 is 6.16 Å². The molecule has 0 aliphatic carbocycles. The van der Waals surface area contributed by atoms with Crippen LogP contribution in [0.4, 0.5) is 10.6 Å². The number of aromatic nitrogens is 4. The maximum Gasteiger partial charge on any atom is 0.513 e. The van der Waals surface area contributed by atoms with Crippen molar-refractivity contribution in [1.82, 2.24) is 19.9 Å². The average Bonchev–Trinajstić information content (AvgIpc) is 3.14. The lowest BCUT2D eigenvalue weighted by Crippen LogP contribution is -2.18. The van der Waals surface area contributed by atoms with Crippen LogP contribution in [0.15, 0.2) is 96.2 Å². The summed E-state index contributed by atoms with van der Waals surface area (Å²) >= 11 is 0. The largest absolute Gasteiger partial charge is 0.513 e. The fourth-order valence-corrected chi connectivity index (χ4v) is 5.51. The fourth-order valence-electron chi connectivity index (χ4n) is 4.51. The van der Waals surface area contributed by atoms with Gasteiger partial charge in [0.15, 0.2) is 23.1 Å². The van der Waals surface area contributed by atoms with Gasteiger partial charge in [-0.1, -0.05) is 57.2 Å². The van der Waals surface area contributed by atoms with Gasteiger partial charge in [0.25, 0.3) is 21.0 Å². The normalized spacial score (nSPS) is 11.2. The highest BCUT2D eigenvalue weighted by Crippen LogP contribution is 2.41. The number of methoxy groups -OCH3 is 1. The van der Waals surface area contributed by atoms with E-state index in [1.54, 1.807) is 42.5 Å². The van der Waals surface area contributed by atoms with Crippen molar-refractivity contribution in [2.24, 2.45) is 0 Å². The number of nitrogens with zero attached hydrogens (tertiary/aromatic N) is 5. The Morgan fingerprint density at radius 1 is 0.868 bits per heavy atom. The summed E-state index contributed by atoms with van der Waals surface area (Å²) in [7, 11) is -2.83. The average molecular weight is 747 g/mol. The summed E-state index contributed by atoms with van der Waals surface area (Å²) in [6.07, 6.45) is 1.85. The van der Waals surface area contributed by atoms with Crippen LogP contribution in [0.2, 0.25) is 0 Å². The second-order valence-corrected chi connectivity index (χ2v) is 13.6. The van der Waals surface area contributed by atoms with E-state index in [0.717, 1.165) is 5.56 Å². The van der Waals surface area contributed by atoms with Crippen LogP contribution in [0.3, 0.4) is 0 Å². The Labute approximate surface area is 304 Å². The van der Waals surface area contributed by atoms with Gasteiger partial charge in [0.05, 0.1) is 12.0 Å². The third kappa shape index (κ3) is 10.3. The molecule has 53 heavy (non-hydrogen) atoms. The standard InChI is InChI=1S/C35H34N6O11S/c1-35(2,3)24-12-16-26(17-13-24)53(45,46)40-30-29(52-28-9-6-5-8-27(28)47-4)33(39-32(38-30)31-36-18-7-19-37-31)48-20-21-49-34(42)51-25-14-10-23(11-15-25)22-50-41(43)44/h5-19H,20-22H2,1-4H3,(H,38,39,40). The number of rotatable bonds is 15. The molecule has 0 radical (unpaired) electrons. The zero-order valence-electron chi connectivity index (χ0n) is 28.9. The second-order valence-electron chi connectivity index (χ2n) is 11.9. The zero-order chi connectivity index (χ0) is 38.0. The van der Waals surface area contributed by atoms with Gasteiger partial charge in [-0.2, -0.15) is 4.98 Å². The Kier molecular flexibility index (Phi) is 11.8. The first-order valence-electron chi connectivity index (χ1n) is 15.8. The van der Waals surface area contributed by atoms with E-state index in [2.05, 4.69) is 29.5 Å². The predicted molar refractivity (Wildman–Crippen MR) is 188 cm³/mol. The Hall–Kier alpha value is -6.56. The van der Waals surface area contributed by atoms with Crippen molar-refractivity contribution in [2.45, 2.75) is 37.7 Å². The fraction of sp³-hybridized carbons (Fsp3) is 0.229. The lowest BCUT2D eigenvalue weighted by atomic mass is 9.87. The third-order valence-corrected chi connectivity index (χ3v) is 8.50. The Morgan fingerprint density at radius 3 is 2.19 bits per heavy atom. The summed E-state index contributed by atoms with van der Waals surface area (Å²) < 4.78 is 57.9. The number of para-hydroxylation sites is 2. The molecule has 0 unspecified atom stereocenters. The van der Waals surface area contributed by atoms with E-state index in [0.29, 0.717) is 11.3 Å². The first-order chi connectivity index (χ1) is 25.3. The molecular weight excluding hydrogens is 712 g/mol. The molecule has 0 bridgehead atoms. The highest BCUT2D eigenvalue weighted by molar-refractivity contribution is 7.92. The van der Waals surface area contributed by atoms with Gasteiger partial charge in [0, 0.05) is 12.4 Å². The lowest BCUT2D eigenvalue weighted by Gasteiger charge is -2.20. The first kappa shape index (κ1) is 37.7. The number of anilines is 1. The van der Waals surface area contributed by atoms with Crippen LogP contribution in [0.1, 0.15) is 31.9 Å². The number of benzene rings is 3. The van der Waals surface area contributed by atoms with Crippen LogP contribution in [-0.4, -0.2) is 59.9 Å². The number of nitrogens with one attached hydrogen (secondary N) is 1. The van der Waals surface area contributed by atoms with Crippen LogP contribution in [0, 0.1) is 10.1 Å². The van der Waals surface area contributed by atoms with Gasteiger partial charge in [0.2, 0.25) is 11.6 Å². The SMILES string of the molecule is COc1ccccc1Oc1c(NS(=O)(=O)c2ccc(C(C)(C)C)cc2)nc(-c2ncccn2)nc1OCCOC(=O)Oc1ccc(CO[N+](=O)[O-])cc1.